The maximum Gasteiger partial charge on any atom is 0.270 e. The molecule has 0 aromatic heterocycles. The molecule has 0 unspecified atom stereocenters. The number of carbonyl (C=O) groups is 2. The summed E-state index contributed by atoms with van der Waals surface area (Å²) in [5, 5.41) is 16.7. The molecule has 148 valence electrons. The van der Waals surface area contributed by atoms with E-state index in [2.05, 4.69) is 10.6 Å². The van der Waals surface area contributed by atoms with Gasteiger partial charge >= 0.3 is 0 Å². The smallest absolute Gasteiger partial charge is 0.270 e. The SMILES string of the molecule is CSCC[C@H](NC(=O)c1cccc([N+](=O)[O-])c1)C(=O)NC1CCCCCC1. The lowest BCUT2D eigenvalue weighted by molar-refractivity contribution is -0.384. The van der Waals surface area contributed by atoms with Crippen LogP contribution in [0.1, 0.15) is 55.3 Å². The third-order valence-electron chi connectivity index (χ3n) is 4.75. The third-order valence-corrected chi connectivity index (χ3v) is 5.40. The second-order valence-corrected chi connectivity index (χ2v) is 7.80. The average Bonchev–Trinajstić information content (AvgIpc) is 2.93. The Bertz CT molecular complexity index is 660. The van der Waals surface area contributed by atoms with Gasteiger partial charge in [-0.1, -0.05) is 31.7 Å². The number of benzene rings is 1. The van der Waals surface area contributed by atoms with Gasteiger partial charge in [0.05, 0.1) is 4.92 Å². The minimum absolute atomic E-state index is 0.147. The fourth-order valence-corrected chi connectivity index (χ4v) is 3.70. The number of nitro groups is 1. The number of hydrogen-bond acceptors (Lipinski definition) is 5. The number of hydrogen-bond donors (Lipinski definition) is 2. The van der Waals surface area contributed by atoms with Crippen LogP contribution < -0.4 is 10.6 Å². The zero-order valence-corrected chi connectivity index (χ0v) is 16.4. The Balaban J connectivity index is 2.03. The maximum absolute atomic E-state index is 12.7. The summed E-state index contributed by atoms with van der Waals surface area (Å²) in [7, 11) is 0. The van der Waals surface area contributed by atoms with E-state index >= 15 is 0 Å². The lowest BCUT2D eigenvalue weighted by Gasteiger charge is -2.22. The van der Waals surface area contributed by atoms with Crippen molar-refractivity contribution in [3.8, 4) is 0 Å². The molecule has 0 radical (unpaired) electrons. The van der Waals surface area contributed by atoms with Gasteiger partial charge in [-0.3, -0.25) is 19.7 Å². The van der Waals surface area contributed by atoms with Crippen molar-refractivity contribution in [3.63, 3.8) is 0 Å². The molecule has 2 N–H and O–H groups in total. The molecule has 2 rings (SSSR count). The minimum Gasteiger partial charge on any atom is -0.352 e. The van der Waals surface area contributed by atoms with Crippen LogP contribution in [0.25, 0.3) is 0 Å². The predicted octanol–water partition coefficient (Wildman–Crippen LogP) is 3.29. The molecule has 1 atom stereocenters. The zero-order valence-electron chi connectivity index (χ0n) is 15.6. The average molecular weight is 394 g/mol. The normalized spacial score (nSPS) is 16.2. The number of nitrogens with zero attached hydrogens (tertiary/aromatic N) is 1. The van der Waals surface area contributed by atoms with E-state index in [-0.39, 0.29) is 23.2 Å². The molecule has 0 spiro atoms. The molecule has 0 bridgehead atoms. The first kappa shape index (κ1) is 21.2. The highest BCUT2D eigenvalue weighted by Gasteiger charge is 2.24. The van der Waals surface area contributed by atoms with Crippen LogP contribution in [-0.2, 0) is 4.79 Å². The fraction of sp³-hybridized carbons (Fsp3) is 0.579. The maximum atomic E-state index is 12.7. The standard InChI is InChI=1S/C19H27N3O4S/c1-27-12-11-17(19(24)20-15-8-4-2-3-5-9-15)21-18(23)14-7-6-10-16(13-14)22(25)26/h6-7,10,13,15,17H,2-5,8-9,11-12H2,1H3,(H,20,24)(H,21,23)/t17-/m0/s1. The van der Waals surface area contributed by atoms with E-state index in [1.165, 1.54) is 37.1 Å². The van der Waals surface area contributed by atoms with Crippen LogP contribution >= 0.6 is 11.8 Å². The third kappa shape index (κ3) is 6.86. The van der Waals surface area contributed by atoms with Gasteiger partial charge in [0, 0.05) is 23.7 Å². The number of non-ortho nitro benzene ring substituents is 1. The summed E-state index contributed by atoms with van der Waals surface area (Å²) in [4.78, 5) is 35.6. The van der Waals surface area contributed by atoms with Crippen LogP contribution in [0, 0.1) is 10.1 Å². The first-order chi connectivity index (χ1) is 13.0. The summed E-state index contributed by atoms with van der Waals surface area (Å²) >= 11 is 1.61. The second kappa shape index (κ2) is 10.9. The van der Waals surface area contributed by atoms with E-state index in [1.54, 1.807) is 11.8 Å². The Morgan fingerprint density at radius 2 is 1.96 bits per heavy atom. The van der Waals surface area contributed by atoms with Gasteiger partial charge in [0.25, 0.3) is 11.6 Å². The van der Waals surface area contributed by atoms with E-state index in [1.807, 2.05) is 6.26 Å². The van der Waals surface area contributed by atoms with Crippen LogP contribution in [-0.4, -0.2) is 40.8 Å². The Labute approximate surface area is 163 Å². The molecule has 1 aromatic carbocycles. The highest BCUT2D eigenvalue weighted by Crippen LogP contribution is 2.18. The quantitative estimate of drug-likeness (QED) is 0.401. The molecule has 0 heterocycles. The summed E-state index contributed by atoms with van der Waals surface area (Å²) in [5.41, 5.74) is 0.0341. The molecular formula is C19H27N3O4S. The molecular weight excluding hydrogens is 366 g/mol. The van der Waals surface area contributed by atoms with Crippen molar-refractivity contribution in [2.24, 2.45) is 0 Å². The van der Waals surface area contributed by atoms with E-state index in [4.69, 9.17) is 0 Å². The summed E-state index contributed by atoms with van der Waals surface area (Å²) in [6.07, 6.45) is 9.03. The lowest BCUT2D eigenvalue weighted by atomic mass is 10.1. The van der Waals surface area contributed by atoms with Gasteiger partial charge in [0.15, 0.2) is 0 Å². The number of amides is 2. The molecule has 8 heteroatoms. The lowest BCUT2D eigenvalue weighted by Crippen LogP contribution is -2.49. The number of carbonyl (C=O) groups excluding carboxylic acids is 2. The molecule has 7 nitrogen and oxygen atoms in total. The molecule has 0 aliphatic heterocycles. The minimum atomic E-state index is -0.646. The van der Waals surface area contributed by atoms with Crippen molar-refractivity contribution in [1.29, 1.82) is 0 Å². The molecule has 1 aliphatic carbocycles. The van der Waals surface area contributed by atoms with Gasteiger partial charge in [0.2, 0.25) is 5.91 Å². The van der Waals surface area contributed by atoms with Crippen LogP contribution in [0.15, 0.2) is 24.3 Å². The topological polar surface area (TPSA) is 101 Å². The van der Waals surface area contributed by atoms with Crippen molar-refractivity contribution in [3.05, 3.63) is 39.9 Å². The van der Waals surface area contributed by atoms with E-state index < -0.39 is 16.9 Å². The summed E-state index contributed by atoms with van der Waals surface area (Å²) in [6, 6.07) is 5.05. The number of thioether (sulfide) groups is 1. The Morgan fingerprint density at radius 3 is 2.59 bits per heavy atom. The van der Waals surface area contributed by atoms with Gasteiger partial charge in [0.1, 0.15) is 6.04 Å². The van der Waals surface area contributed by atoms with Crippen LogP contribution in [0.2, 0.25) is 0 Å². The molecule has 1 saturated carbocycles. The van der Waals surface area contributed by atoms with Crippen molar-refractivity contribution in [1.82, 2.24) is 10.6 Å². The number of rotatable bonds is 8. The summed E-state index contributed by atoms with van der Waals surface area (Å²) in [6.45, 7) is 0. The number of nitrogens with one attached hydrogen (secondary N) is 2. The first-order valence-corrected chi connectivity index (χ1v) is 10.7. The highest BCUT2D eigenvalue weighted by atomic mass is 32.2. The van der Waals surface area contributed by atoms with Crippen LogP contribution in [0.5, 0.6) is 0 Å². The Morgan fingerprint density at radius 1 is 1.26 bits per heavy atom. The van der Waals surface area contributed by atoms with Crippen LogP contribution in [0.3, 0.4) is 0 Å². The number of nitro benzene ring substituents is 1. The van der Waals surface area contributed by atoms with E-state index in [9.17, 15) is 19.7 Å². The van der Waals surface area contributed by atoms with Crippen molar-refractivity contribution < 1.29 is 14.5 Å². The van der Waals surface area contributed by atoms with Crippen LogP contribution in [0.4, 0.5) is 5.69 Å². The summed E-state index contributed by atoms with van der Waals surface area (Å²) < 4.78 is 0. The molecule has 2 amide bonds. The van der Waals surface area contributed by atoms with Crippen molar-refractivity contribution in [2.75, 3.05) is 12.0 Å². The van der Waals surface area contributed by atoms with Gasteiger partial charge < -0.3 is 10.6 Å². The fourth-order valence-electron chi connectivity index (χ4n) is 3.23. The molecule has 0 saturated heterocycles. The largest absolute Gasteiger partial charge is 0.352 e. The molecule has 1 fully saturated rings. The van der Waals surface area contributed by atoms with Gasteiger partial charge in [-0.25, -0.2) is 0 Å². The van der Waals surface area contributed by atoms with E-state index in [0.717, 1.165) is 31.4 Å². The van der Waals surface area contributed by atoms with Gasteiger partial charge in [-0.15, -0.1) is 0 Å². The molecule has 27 heavy (non-hydrogen) atoms. The monoisotopic (exact) mass is 393 g/mol. The first-order valence-electron chi connectivity index (χ1n) is 9.36. The second-order valence-electron chi connectivity index (χ2n) is 6.81. The van der Waals surface area contributed by atoms with Crippen molar-refractivity contribution in [2.45, 2.75) is 57.0 Å². The summed E-state index contributed by atoms with van der Waals surface area (Å²) in [5.74, 6) is 0.0911. The molecule has 1 aromatic rings. The molecule has 1 aliphatic rings. The zero-order chi connectivity index (χ0) is 19.6. The Kier molecular flexibility index (Phi) is 8.57. The van der Waals surface area contributed by atoms with Gasteiger partial charge in [-0.2, -0.15) is 11.8 Å². The van der Waals surface area contributed by atoms with Gasteiger partial charge in [-0.05, 0) is 37.3 Å². The Hall–Kier alpha value is -2.09. The van der Waals surface area contributed by atoms with Crippen molar-refractivity contribution >= 4 is 29.3 Å². The van der Waals surface area contributed by atoms with E-state index in [0.29, 0.717) is 6.42 Å². The highest BCUT2D eigenvalue weighted by molar-refractivity contribution is 7.98. The predicted molar refractivity (Wildman–Crippen MR) is 107 cm³/mol.